The van der Waals surface area contributed by atoms with Crippen molar-refractivity contribution in [3.05, 3.63) is 81.2 Å². The fourth-order valence-corrected chi connectivity index (χ4v) is 3.43. The minimum atomic E-state index is -0.852. The number of amides is 1. The van der Waals surface area contributed by atoms with E-state index in [-0.39, 0.29) is 34.5 Å². The molecule has 0 fully saturated rings. The number of nitriles is 1. The van der Waals surface area contributed by atoms with Gasteiger partial charge in [0.2, 0.25) is 0 Å². The first kappa shape index (κ1) is 18.1. The van der Waals surface area contributed by atoms with Crippen LogP contribution in [0.25, 0.3) is 0 Å². The van der Waals surface area contributed by atoms with Gasteiger partial charge in [-0.25, -0.2) is 5.01 Å². The molecule has 0 saturated heterocycles. The summed E-state index contributed by atoms with van der Waals surface area (Å²) in [6, 6.07) is 14.4. The third-order valence-electron chi connectivity index (χ3n) is 4.76. The van der Waals surface area contributed by atoms with Gasteiger partial charge in [0, 0.05) is 19.1 Å². The highest BCUT2D eigenvalue weighted by Crippen LogP contribution is 2.39. The number of carbonyl (C=O) groups excluding carboxylic acids is 2. The van der Waals surface area contributed by atoms with Crippen molar-refractivity contribution in [2.45, 2.75) is 12.8 Å². The predicted octanol–water partition coefficient (Wildman–Crippen LogP) is 2.62. The van der Waals surface area contributed by atoms with Gasteiger partial charge in [-0.3, -0.25) is 19.7 Å². The molecule has 0 radical (unpaired) electrons. The van der Waals surface area contributed by atoms with E-state index in [1.54, 1.807) is 24.3 Å². The molecule has 2 aliphatic heterocycles. The number of ketones is 1. The van der Waals surface area contributed by atoms with Crippen molar-refractivity contribution in [1.82, 2.24) is 5.32 Å². The first-order valence-electron chi connectivity index (χ1n) is 8.61. The Morgan fingerprint density at radius 1 is 1.24 bits per heavy atom. The Kier molecular flexibility index (Phi) is 4.16. The van der Waals surface area contributed by atoms with Gasteiger partial charge >= 0.3 is 0 Å². The summed E-state index contributed by atoms with van der Waals surface area (Å²) in [6.45, 7) is 1.34. The summed E-state index contributed by atoms with van der Waals surface area (Å²) in [5.41, 5.74) is 1.43. The maximum atomic E-state index is 12.5. The molecule has 2 heterocycles. The van der Waals surface area contributed by atoms with Crippen LogP contribution in [0.5, 0.6) is 0 Å². The number of nitrogens with one attached hydrogen (secondary N) is 1. The number of hydrogen-bond donors (Lipinski definition) is 1. The molecule has 2 aromatic carbocycles. The monoisotopic (exact) mass is 387 g/mol. The van der Waals surface area contributed by atoms with Crippen molar-refractivity contribution in [3.63, 3.8) is 0 Å². The van der Waals surface area contributed by atoms with E-state index in [0.717, 1.165) is 0 Å². The van der Waals surface area contributed by atoms with Crippen LogP contribution in [0.3, 0.4) is 0 Å². The normalized spacial score (nSPS) is 17.5. The molecular weight excluding hydrogens is 374 g/mol. The number of nitro benzene ring substituents is 1. The summed E-state index contributed by atoms with van der Waals surface area (Å²) in [7, 11) is 0. The van der Waals surface area contributed by atoms with Crippen LogP contribution < -0.4 is 10.3 Å². The van der Waals surface area contributed by atoms with Crippen molar-refractivity contribution in [2.24, 2.45) is 5.10 Å². The van der Waals surface area contributed by atoms with E-state index in [9.17, 15) is 25.0 Å². The molecule has 1 N–H and O–H groups in total. The van der Waals surface area contributed by atoms with Crippen molar-refractivity contribution in [2.75, 3.05) is 5.01 Å². The number of carbonyl (C=O) groups is 2. The van der Waals surface area contributed by atoms with Gasteiger partial charge in [-0.2, -0.15) is 10.4 Å². The number of nitrogens with zero attached hydrogens (tertiary/aromatic N) is 4. The number of benzene rings is 2. The Labute approximate surface area is 164 Å². The second-order valence-electron chi connectivity index (χ2n) is 6.48. The van der Waals surface area contributed by atoms with Gasteiger partial charge < -0.3 is 5.32 Å². The van der Waals surface area contributed by atoms with Crippen molar-refractivity contribution < 1.29 is 14.5 Å². The van der Waals surface area contributed by atoms with Gasteiger partial charge in [0.05, 0.1) is 33.7 Å². The average Bonchev–Trinajstić information content (AvgIpc) is 2.72. The first-order chi connectivity index (χ1) is 13.9. The van der Waals surface area contributed by atoms with Crippen LogP contribution in [0.4, 0.5) is 11.4 Å². The Morgan fingerprint density at radius 2 is 1.93 bits per heavy atom. The molecule has 1 amide bonds. The maximum absolute atomic E-state index is 12.5. The van der Waals surface area contributed by atoms with Crippen LogP contribution in [0.2, 0.25) is 0 Å². The topological polar surface area (TPSA) is 129 Å². The lowest BCUT2D eigenvalue weighted by molar-refractivity contribution is -0.384. The Hall–Kier alpha value is -4.32. The zero-order valence-corrected chi connectivity index (χ0v) is 15.1. The van der Waals surface area contributed by atoms with Crippen molar-refractivity contribution in [1.29, 1.82) is 5.26 Å². The van der Waals surface area contributed by atoms with E-state index < -0.39 is 10.8 Å². The molecule has 4 rings (SSSR count). The van der Waals surface area contributed by atoms with Crippen LogP contribution in [-0.2, 0) is 4.79 Å². The number of para-hydroxylation sites is 1. The van der Waals surface area contributed by atoms with E-state index >= 15 is 0 Å². The number of hydrazone groups is 1. The molecule has 2 aliphatic rings. The van der Waals surface area contributed by atoms with Crippen molar-refractivity contribution >= 4 is 28.8 Å². The SMILES string of the molecule is CC(=O)C1=NN2C(=C(C#N)C1c1ccc([N+](=O)[O-])cc1)NC(=O)c1ccccc12. The molecule has 0 saturated carbocycles. The van der Waals surface area contributed by atoms with Gasteiger partial charge in [-0.05, 0) is 17.7 Å². The predicted molar refractivity (Wildman–Crippen MR) is 103 cm³/mol. The fraction of sp³-hybridized carbons (Fsp3) is 0.100. The molecule has 0 spiro atoms. The highest BCUT2D eigenvalue weighted by atomic mass is 16.6. The number of rotatable bonds is 3. The lowest BCUT2D eigenvalue weighted by Crippen LogP contribution is -2.44. The third kappa shape index (κ3) is 2.83. The lowest BCUT2D eigenvalue weighted by atomic mass is 9.84. The molecule has 9 nitrogen and oxygen atoms in total. The molecule has 142 valence electrons. The van der Waals surface area contributed by atoms with Crippen LogP contribution in [0.1, 0.15) is 28.8 Å². The smallest absolute Gasteiger partial charge is 0.269 e. The van der Waals surface area contributed by atoms with Gasteiger partial charge in [0.15, 0.2) is 5.78 Å². The van der Waals surface area contributed by atoms with E-state index in [4.69, 9.17) is 0 Å². The number of hydrogen-bond acceptors (Lipinski definition) is 7. The molecule has 1 unspecified atom stereocenters. The minimum absolute atomic E-state index is 0.102. The number of non-ortho nitro benzene ring substituents is 1. The van der Waals surface area contributed by atoms with E-state index in [1.165, 1.54) is 36.2 Å². The zero-order valence-electron chi connectivity index (χ0n) is 15.1. The van der Waals surface area contributed by atoms with Gasteiger partial charge in [-0.15, -0.1) is 0 Å². The number of nitro groups is 1. The van der Waals surface area contributed by atoms with Crippen molar-refractivity contribution in [3.8, 4) is 6.07 Å². The molecule has 0 bridgehead atoms. The number of anilines is 1. The standard InChI is InChI=1S/C20H13N5O4/c1-11(26)18-17(12-6-8-13(9-7-12)25(28)29)15(10-21)19-22-20(27)14-4-2-3-5-16(14)24(19)23-18/h2-9,17H,1H3,(H,22,27). The van der Waals surface area contributed by atoms with Crippen LogP contribution in [0.15, 0.2) is 65.0 Å². The van der Waals surface area contributed by atoms with E-state index in [0.29, 0.717) is 16.8 Å². The van der Waals surface area contributed by atoms with Crippen LogP contribution in [-0.4, -0.2) is 22.3 Å². The number of fused-ring (bicyclic) bond motifs is 3. The summed E-state index contributed by atoms with van der Waals surface area (Å²) in [5.74, 6) is -1.42. The lowest BCUT2D eigenvalue weighted by Gasteiger charge is -2.36. The highest BCUT2D eigenvalue weighted by molar-refractivity contribution is 6.42. The fourth-order valence-electron chi connectivity index (χ4n) is 3.43. The van der Waals surface area contributed by atoms with Gasteiger partial charge in [-0.1, -0.05) is 24.3 Å². The molecule has 29 heavy (non-hydrogen) atoms. The van der Waals surface area contributed by atoms with Crippen LogP contribution >= 0.6 is 0 Å². The molecular formula is C20H13N5O4. The number of allylic oxidation sites excluding steroid dienone is 1. The number of Topliss-reactive ketones (excluding diaryl/α,β-unsaturated/α-hetero) is 1. The summed E-state index contributed by atoms with van der Waals surface area (Å²) in [5, 5.41) is 29.3. The summed E-state index contributed by atoms with van der Waals surface area (Å²) >= 11 is 0. The summed E-state index contributed by atoms with van der Waals surface area (Å²) in [6.07, 6.45) is 0. The first-order valence-corrected chi connectivity index (χ1v) is 8.61. The Balaban J connectivity index is 1.92. The Morgan fingerprint density at radius 3 is 2.55 bits per heavy atom. The van der Waals surface area contributed by atoms with Crippen LogP contribution in [0, 0.1) is 21.4 Å². The zero-order chi connectivity index (χ0) is 20.7. The van der Waals surface area contributed by atoms with E-state index in [2.05, 4.69) is 16.5 Å². The molecule has 9 heteroatoms. The Bertz CT molecular complexity index is 1170. The molecule has 0 aliphatic carbocycles. The average molecular weight is 387 g/mol. The molecule has 2 aromatic rings. The highest BCUT2D eigenvalue weighted by Gasteiger charge is 2.39. The van der Waals surface area contributed by atoms with E-state index in [1.807, 2.05) is 0 Å². The molecule has 1 atom stereocenters. The quantitative estimate of drug-likeness (QED) is 0.637. The summed E-state index contributed by atoms with van der Waals surface area (Å²) < 4.78 is 0. The van der Waals surface area contributed by atoms with Gasteiger partial charge in [0.1, 0.15) is 11.5 Å². The second-order valence-corrected chi connectivity index (χ2v) is 6.48. The minimum Gasteiger partial charge on any atom is -0.306 e. The summed E-state index contributed by atoms with van der Waals surface area (Å²) in [4.78, 5) is 35.3. The maximum Gasteiger partial charge on any atom is 0.269 e. The van der Waals surface area contributed by atoms with Gasteiger partial charge in [0.25, 0.3) is 11.6 Å². The third-order valence-corrected chi connectivity index (χ3v) is 4.76. The molecule has 0 aromatic heterocycles. The second kappa shape index (κ2) is 6.69. The largest absolute Gasteiger partial charge is 0.306 e.